The highest BCUT2D eigenvalue weighted by Crippen LogP contribution is 2.30. The molecule has 10 heteroatoms. The number of aromatic nitrogens is 2. The number of nitrogens with zero attached hydrogens (tertiary/aromatic N) is 2. The smallest absolute Gasteiger partial charge is 0.418 e. The van der Waals surface area contributed by atoms with Crippen molar-refractivity contribution in [2.24, 2.45) is 0 Å². The van der Waals surface area contributed by atoms with Crippen molar-refractivity contribution >= 4 is 45.1 Å². The molecule has 1 aromatic heterocycles. The molecular formula is C23H26N4O4S2. The molecule has 3 aromatic rings. The number of rotatable bonds is 9. The first-order valence-electron chi connectivity index (χ1n) is 10.2. The van der Waals surface area contributed by atoms with Gasteiger partial charge >= 0.3 is 6.09 Å². The Morgan fingerprint density at radius 1 is 1.15 bits per heavy atom. The molecule has 0 aliphatic carbocycles. The summed E-state index contributed by atoms with van der Waals surface area (Å²) >= 11 is 1.51. The summed E-state index contributed by atoms with van der Waals surface area (Å²) in [5.74, 6) is 4.85. The van der Waals surface area contributed by atoms with E-state index in [9.17, 15) is 9.00 Å². The average Bonchev–Trinajstić information content (AvgIpc) is 2.80. The highest BCUT2D eigenvalue weighted by Gasteiger charge is 2.14. The molecule has 174 valence electrons. The van der Waals surface area contributed by atoms with E-state index < -0.39 is 15.8 Å². The predicted molar refractivity (Wildman–Crippen MR) is 134 cm³/mol. The Balaban J connectivity index is 1.81. The molecule has 0 bridgehead atoms. The second kappa shape index (κ2) is 11.1. The summed E-state index contributed by atoms with van der Waals surface area (Å²) < 4.78 is 25.5. The molecule has 3 rings (SSSR count). The van der Waals surface area contributed by atoms with Crippen LogP contribution < -0.4 is 14.8 Å². The van der Waals surface area contributed by atoms with Gasteiger partial charge in [0.05, 0.1) is 27.8 Å². The van der Waals surface area contributed by atoms with Gasteiger partial charge in [0, 0.05) is 17.4 Å². The fourth-order valence-electron chi connectivity index (χ4n) is 2.94. The van der Waals surface area contributed by atoms with Gasteiger partial charge in [0.25, 0.3) is 0 Å². The van der Waals surface area contributed by atoms with Gasteiger partial charge in [-0.1, -0.05) is 18.2 Å². The Labute approximate surface area is 198 Å². The van der Waals surface area contributed by atoms with Crippen LogP contribution in [-0.2, 0) is 14.4 Å². The normalized spacial score (nSPS) is 12.5. The molecule has 8 nitrogen and oxygen atoms in total. The number of amides is 1. The van der Waals surface area contributed by atoms with E-state index in [0.717, 1.165) is 21.9 Å². The van der Waals surface area contributed by atoms with Crippen molar-refractivity contribution in [3.05, 3.63) is 54.7 Å². The van der Waals surface area contributed by atoms with E-state index >= 15 is 0 Å². The zero-order valence-corrected chi connectivity index (χ0v) is 20.3. The zero-order valence-electron chi connectivity index (χ0n) is 18.7. The summed E-state index contributed by atoms with van der Waals surface area (Å²) in [4.78, 5) is 21.1. The first kappa shape index (κ1) is 24.4. The van der Waals surface area contributed by atoms with Crippen LogP contribution in [0.5, 0.6) is 5.75 Å². The van der Waals surface area contributed by atoms with Crippen molar-refractivity contribution in [1.82, 2.24) is 14.7 Å². The third-order valence-electron chi connectivity index (χ3n) is 4.42. The topological polar surface area (TPSA) is 102 Å². The number of thioether (sulfide) groups is 1. The minimum absolute atomic E-state index is 0.171. The lowest BCUT2D eigenvalue weighted by Gasteiger charge is -2.14. The van der Waals surface area contributed by atoms with Gasteiger partial charge < -0.3 is 14.8 Å². The summed E-state index contributed by atoms with van der Waals surface area (Å²) in [7, 11) is -3.08. The summed E-state index contributed by atoms with van der Waals surface area (Å²) in [6.45, 7) is 4.40. The van der Waals surface area contributed by atoms with Crippen LogP contribution in [0.2, 0.25) is 0 Å². The van der Waals surface area contributed by atoms with E-state index in [1.165, 1.54) is 11.8 Å². The van der Waals surface area contributed by atoms with Gasteiger partial charge in [-0.05, 0) is 61.9 Å². The second-order valence-electron chi connectivity index (χ2n) is 6.72. The molecule has 0 aliphatic rings. The van der Waals surface area contributed by atoms with Gasteiger partial charge in [0.15, 0.2) is 0 Å². The first-order chi connectivity index (χ1) is 15.9. The number of anilines is 2. The maximum absolute atomic E-state index is 12.9. The van der Waals surface area contributed by atoms with Crippen LogP contribution in [0.15, 0.2) is 64.6 Å². The van der Waals surface area contributed by atoms with Crippen molar-refractivity contribution in [2.75, 3.05) is 24.8 Å². The third-order valence-corrected chi connectivity index (χ3v) is 6.63. The molecule has 1 amide bonds. The molecule has 1 atom stereocenters. The third kappa shape index (κ3) is 6.39. The molecule has 1 unspecified atom stereocenters. The summed E-state index contributed by atoms with van der Waals surface area (Å²) in [6.07, 6.45) is 2.92. The van der Waals surface area contributed by atoms with Crippen molar-refractivity contribution in [1.29, 1.82) is 0 Å². The average molecular weight is 487 g/mol. The van der Waals surface area contributed by atoms with Gasteiger partial charge in [0.2, 0.25) is 5.95 Å². The molecule has 2 N–H and O–H groups in total. The first-order valence-corrected chi connectivity index (χ1v) is 13.1. The van der Waals surface area contributed by atoms with E-state index in [4.69, 9.17) is 9.47 Å². The lowest BCUT2D eigenvalue weighted by atomic mass is 10.1. The SMILES string of the molecule is C=S(=O)(NC(=O)OCC)c1cccc(Nc2ncc(-c3ccc(OCC)cc3)c(SC)n2)c1. The quantitative estimate of drug-likeness (QED) is 0.254. The molecule has 0 fully saturated rings. The van der Waals surface area contributed by atoms with Crippen LogP contribution in [0.3, 0.4) is 0 Å². The maximum atomic E-state index is 12.9. The molecule has 33 heavy (non-hydrogen) atoms. The van der Waals surface area contributed by atoms with Gasteiger partial charge in [-0.3, -0.25) is 0 Å². The number of ether oxygens (including phenoxy) is 2. The van der Waals surface area contributed by atoms with E-state index in [2.05, 4.69) is 25.9 Å². The standard InChI is InChI=1S/C23H26N4O4S2/c1-5-30-18-12-10-16(11-13-18)20-15-24-22(26-21(20)32-3)25-17-8-7-9-19(14-17)33(4,29)27-23(28)31-6-2/h7-15H,4-6H2,1-3H3,(H,24,25,26)(H,27,28,29). The highest BCUT2D eigenvalue weighted by molar-refractivity contribution is 7.99. The van der Waals surface area contributed by atoms with E-state index in [1.54, 1.807) is 37.4 Å². The summed E-state index contributed by atoms with van der Waals surface area (Å²) in [6, 6.07) is 14.5. The summed E-state index contributed by atoms with van der Waals surface area (Å²) in [5.41, 5.74) is 2.50. The lowest BCUT2D eigenvalue weighted by Crippen LogP contribution is -2.31. The number of hydrogen-bond acceptors (Lipinski definition) is 8. The Kier molecular flexibility index (Phi) is 8.18. The van der Waals surface area contributed by atoms with E-state index in [-0.39, 0.29) is 6.61 Å². The van der Waals surface area contributed by atoms with Crippen molar-refractivity contribution in [3.8, 4) is 16.9 Å². The molecular weight excluding hydrogens is 460 g/mol. The van der Waals surface area contributed by atoms with Crippen LogP contribution in [0.1, 0.15) is 13.8 Å². The van der Waals surface area contributed by atoms with Crippen LogP contribution in [0.25, 0.3) is 11.1 Å². The van der Waals surface area contributed by atoms with Crippen molar-refractivity contribution in [3.63, 3.8) is 0 Å². The lowest BCUT2D eigenvalue weighted by molar-refractivity contribution is 0.159. The van der Waals surface area contributed by atoms with E-state index in [1.807, 2.05) is 37.4 Å². The molecule has 0 spiro atoms. The molecule has 0 radical (unpaired) electrons. The van der Waals surface area contributed by atoms with Crippen molar-refractivity contribution < 1.29 is 18.5 Å². The molecule has 1 heterocycles. The number of carbonyl (C=O) groups excluding carboxylic acids is 1. The van der Waals surface area contributed by atoms with Crippen LogP contribution in [-0.4, -0.2) is 45.6 Å². The second-order valence-corrected chi connectivity index (χ2v) is 9.55. The monoisotopic (exact) mass is 486 g/mol. The largest absolute Gasteiger partial charge is 0.494 e. The molecule has 0 saturated heterocycles. The minimum atomic E-state index is -3.08. The summed E-state index contributed by atoms with van der Waals surface area (Å²) in [5, 5.41) is 3.92. The van der Waals surface area contributed by atoms with Gasteiger partial charge in [-0.2, -0.15) is 0 Å². The predicted octanol–water partition coefficient (Wildman–Crippen LogP) is 4.74. The number of carbonyl (C=O) groups is 1. The maximum Gasteiger partial charge on any atom is 0.418 e. The Morgan fingerprint density at radius 3 is 2.58 bits per heavy atom. The fourth-order valence-corrected chi connectivity index (χ4v) is 4.57. The fraction of sp³-hybridized carbons (Fsp3) is 0.217. The van der Waals surface area contributed by atoms with Crippen LogP contribution >= 0.6 is 11.8 Å². The number of hydrogen-bond donors (Lipinski definition) is 2. The number of nitrogens with one attached hydrogen (secondary N) is 2. The molecule has 0 saturated carbocycles. The Bertz CT molecular complexity index is 1220. The molecule has 2 aromatic carbocycles. The molecule has 0 aliphatic heterocycles. The van der Waals surface area contributed by atoms with Crippen LogP contribution in [0, 0.1) is 0 Å². The Morgan fingerprint density at radius 2 is 1.91 bits per heavy atom. The van der Waals surface area contributed by atoms with Crippen LogP contribution in [0.4, 0.5) is 16.4 Å². The Hall–Kier alpha value is -3.24. The minimum Gasteiger partial charge on any atom is -0.494 e. The van der Waals surface area contributed by atoms with Gasteiger partial charge in [-0.15, -0.1) is 11.8 Å². The van der Waals surface area contributed by atoms with E-state index in [0.29, 0.717) is 23.1 Å². The number of benzene rings is 2. The van der Waals surface area contributed by atoms with Gasteiger partial charge in [-0.25, -0.2) is 23.7 Å². The van der Waals surface area contributed by atoms with Gasteiger partial charge in [0.1, 0.15) is 10.8 Å². The zero-order chi connectivity index (χ0) is 23.8. The highest BCUT2D eigenvalue weighted by atomic mass is 32.2. The van der Waals surface area contributed by atoms with Crippen molar-refractivity contribution in [2.45, 2.75) is 23.8 Å².